The third kappa shape index (κ3) is 3.14. The number of carbonyl (C=O) groups is 1. The van der Waals surface area contributed by atoms with Gasteiger partial charge in [-0.05, 0) is 36.4 Å². The van der Waals surface area contributed by atoms with Crippen molar-refractivity contribution < 1.29 is 4.79 Å². The van der Waals surface area contributed by atoms with Gasteiger partial charge in [0, 0.05) is 27.8 Å². The lowest BCUT2D eigenvalue weighted by Gasteiger charge is -2.08. The first-order valence-electron chi connectivity index (χ1n) is 7.95. The van der Waals surface area contributed by atoms with E-state index in [4.69, 9.17) is 11.6 Å². The van der Waals surface area contributed by atoms with Crippen LogP contribution in [0.3, 0.4) is 0 Å². The van der Waals surface area contributed by atoms with Crippen LogP contribution < -0.4 is 5.32 Å². The molecule has 1 aromatic heterocycles. The lowest BCUT2D eigenvalue weighted by Crippen LogP contribution is -2.12. The van der Waals surface area contributed by atoms with Crippen molar-refractivity contribution in [3.05, 3.63) is 89.4 Å². The highest BCUT2D eigenvalue weighted by Crippen LogP contribution is 2.26. The molecule has 4 rings (SSSR count). The minimum atomic E-state index is -0.223. The van der Waals surface area contributed by atoms with Gasteiger partial charge in [-0.25, -0.2) is 0 Å². The van der Waals surface area contributed by atoms with E-state index < -0.39 is 0 Å². The molecule has 0 aliphatic carbocycles. The van der Waals surface area contributed by atoms with Gasteiger partial charge in [0.05, 0.1) is 10.6 Å². The lowest BCUT2D eigenvalue weighted by molar-refractivity contribution is 0.102. The van der Waals surface area contributed by atoms with Crippen molar-refractivity contribution in [1.29, 1.82) is 0 Å². The smallest absolute Gasteiger partial charge is 0.257 e. The maximum Gasteiger partial charge on any atom is 0.257 e. The molecule has 0 bridgehead atoms. The quantitative estimate of drug-likeness (QED) is 0.488. The Labute approximate surface area is 150 Å². The van der Waals surface area contributed by atoms with Gasteiger partial charge < -0.3 is 10.3 Å². The maximum absolute atomic E-state index is 12.4. The molecular formula is C21H15ClN2O. The van der Waals surface area contributed by atoms with Gasteiger partial charge >= 0.3 is 0 Å². The molecule has 0 saturated heterocycles. The Morgan fingerprint density at radius 2 is 1.68 bits per heavy atom. The van der Waals surface area contributed by atoms with Gasteiger partial charge in [0.15, 0.2) is 0 Å². The van der Waals surface area contributed by atoms with Gasteiger partial charge in [-0.15, -0.1) is 0 Å². The molecule has 0 atom stereocenters. The number of hydrogen-bond acceptors (Lipinski definition) is 1. The second kappa shape index (κ2) is 6.46. The van der Waals surface area contributed by atoms with Crippen molar-refractivity contribution in [2.45, 2.75) is 0 Å². The number of H-pyrrole nitrogens is 1. The number of anilines is 1. The van der Waals surface area contributed by atoms with Crippen molar-refractivity contribution in [2.24, 2.45) is 0 Å². The summed E-state index contributed by atoms with van der Waals surface area (Å²) in [4.78, 5) is 15.8. The Balaban J connectivity index is 1.63. The van der Waals surface area contributed by atoms with Crippen LogP contribution >= 0.6 is 11.6 Å². The summed E-state index contributed by atoms with van der Waals surface area (Å²) in [5.41, 5.74) is 4.28. The van der Waals surface area contributed by atoms with Crippen molar-refractivity contribution in [1.82, 2.24) is 4.98 Å². The number of carbonyl (C=O) groups excluding carboxylic acids is 1. The average molecular weight is 347 g/mol. The van der Waals surface area contributed by atoms with Crippen molar-refractivity contribution in [3.8, 4) is 11.3 Å². The largest absolute Gasteiger partial charge is 0.355 e. The van der Waals surface area contributed by atoms with Crippen molar-refractivity contribution in [2.75, 3.05) is 5.32 Å². The second-order valence-electron chi connectivity index (χ2n) is 5.79. The number of nitrogens with one attached hydrogen (secondary N) is 2. The number of rotatable bonds is 3. The van der Waals surface area contributed by atoms with E-state index in [1.807, 2.05) is 42.5 Å². The maximum atomic E-state index is 12.4. The Hall–Kier alpha value is -3.04. The van der Waals surface area contributed by atoms with Gasteiger partial charge in [0.25, 0.3) is 5.91 Å². The van der Waals surface area contributed by atoms with Crippen LogP contribution in [0.5, 0.6) is 0 Å². The van der Waals surface area contributed by atoms with E-state index >= 15 is 0 Å². The summed E-state index contributed by atoms with van der Waals surface area (Å²) in [6, 6.07) is 25.0. The number of aromatic amines is 1. The third-order valence-electron chi connectivity index (χ3n) is 4.08. The first-order chi connectivity index (χ1) is 12.2. The molecule has 0 aliphatic heterocycles. The molecule has 0 fully saturated rings. The summed E-state index contributed by atoms with van der Waals surface area (Å²) >= 11 is 6.09. The molecule has 0 radical (unpaired) electrons. The zero-order valence-corrected chi connectivity index (χ0v) is 14.0. The number of amides is 1. The molecule has 4 aromatic rings. The van der Waals surface area contributed by atoms with E-state index in [1.54, 1.807) is 24.3 Å². The first kappa shape index (κ1) is 15.5. The van der Waals surface area contributed by atoms with Crippen LogP contribution in [0, 0.1) is 0 Å². The summed E-state index contributed by atoms with van der Waals surface area (Å²) in [5.74, 6) is -0.223. The van der Waals surface area contributed by atoms with Crippen LogP contribution in [-0.2, 0) is 0 Å². The lowest BCUT2D eigenvalue weighted by atomic mass is 10.1. The second-order valence-corrected chi connectivity index (χ2v) is 6.19. The summed E-state index contributed by atoms with van der Waals surface area (Å²) < 4.78 is 0. The zero-order valence-electron chi connectivity index (χ0n) is 13.3. The molecule has 0 spiro atoms. The van der Waals surface area contributed by atoms with Gasteiger partial charge in [0.1, 0.15) is 0 Å². The molecular weight excluding hydrogens is 332 g/mol. The normalized spacial score (nSPS) is 10.8. The molecule has 1 heterocycles. The fourth-order valence-electron chi connectivity index (χ4n) is 2.84. The van der Waals surface area contributed by atoms with Gasteiger partial charge in [0.2, 0.25) is 0 Å². The molecule has 0 unspecified atom stereocenters. The van der Waals surface area contributed by atoms with Gasteiger partial charge in [-0.3, -0.25) is 4.79 Å². The fourth-order valence-corrected chi connectivity index (χ4v) is 3.06. The predicted octanol–water partition coefficient (Wildman–Crippen LogP) is 5.74. The predicted molar refractivity (Wildman–Crippen MR) is 103 cm³/mol. The van der Waals surface area contributed by atoms with Crippen LogP contribution in [-0.4, -0.2) is 10.9 Å². The molecule has 122 valence electrons. The Morgan fingerprint density at radius 3 is 2.52 bits per heavy atom. The summed E-state index contributed by atoms with van der Waals surface area (Å²) in [7, 11) is 0. The van der Waals surface area contributed by atoms with E-state index in [0.29, 0.717) is 10.6 Å². The molecule has 3 nitrogen and oxygen atoms in total. The zero-order chi connectivity index (χ0) is 17.2. The fraction of sp³-hybridized carbons (Fsp3) is 0. The van der Waals surface area contributed by atoms with Crippen LogP contribution in [0.15, 0.2) is 78.9 Å². The molecule has 25 heavy (non-hydrogen) atoms. The van der Waals surface area contributed by atoms with E-state index in [2.05, 4.69) is 22.4 Å². The number of halogens is 1. The highest BCUT2D eigenvalue weighted by molar-refractivity contribution is 6.34. The number of para-hydroxylation sites is 1. The average Bonchev–Trinajstić information content (AvgIpc) is 3.06. The van der Waals surface area contributed by atoms with E-state index in [-0.39, 0.29) is 5.91 Å². The Kier molecular flexibility index (Phi) is 4.00. The summed E-state index contributed by atoms with van der Waals surface area (Å²) in [5, 5.41) is 4.50. The van der Waals surface area contributed by atoms with Crippen LogP contribution in [0.4, 0.5) is 5.69 Å². The van der Waals surface area contributed by atoms with Gasteiger partial charge in [-0.2, -0.15) is 0 Å². The number of hydrogen-bond donors (Lipinski definition) is 2. The molecule has 0 saturated carbocycles. The monoisotopic (exact) mass is 346 g/mol. The minimum absolute atomic E-state index is 0.223. The summed E-state index contributed by atoms with van der Waals surface area (Å²) in [6.45, 7) is 0. The van der Waals surface area contributed by atoms with Gasteiger partial charge in [-0.1, -0.05) is 54.1 Å². The van der Waals surface area contributed by atoms with Crippen molar-refractivity contribution in [3.63, 3.8) is 0 Å². The third-order valence-corrected chi connectivity index (χ3v) is 4.41. The van der Waals surface area contributed by atoms with Crippen LogP contribution in [0.25, 0.3) is 22.2 Å². The highest BCUT2D eigenvalue weighted by atomic mass is 35.5. The molecule has 2 N–H and O–H groups in total. The van der Waals surface area contributed by atoms with E-state index in [9.17, 15) is 4.79 Å². The van der Waals surface area contributed by atoms with E-state index in [1.165, 1.54) is 0 Å². The summed E-state index contributed by atoms with van der Waals surface area (Å²) in [6.07, 6.45) is 0. The van der Waals surface area contributed by atoms with Crippen molar-refractivity contribution >= 4 is 34.1 Å². The van der Waals surface area contributed by atoms with E-state index in [0.717, 1.165) is 27.8 Å². The highest BCUT2D eigenvalue weighted by Gasteiger charge is 2.10. The van der Waals surface area contributed by atoms with Crippen LogP contribution in [0.1, 0.15) is 10.4 Å². The molecule has 4 heteroatoms. The molecule has 3 aromatic carbocycles. The topological polar surface area (TPSA) is 44.9 Å². The number of fused-ring (bicyclic) bond motifs is 1. The molecule has 0 aliphatic rings. The molecule has 1 amide bonds. The number of aromatic nitrogens is 1. The number of benzene rings is 3. The SMILES string of the molecule is O=C(Nc1cccc(-c2cc3ccccc3[nH]2)c1)c1ccccc1Cl. The Morgan fingerprint density at radius 1 is 0.880 bits per heavy atom. The minimum Gasteiger partial charge on any atom is -0.355 e. The first-order valence-corrected chi connectivity index (χ1v) is 8.32. The Bertz CT molecular complexity index is 1040. The standard InChI is InChI=1S/C21H15ClN2O/c22-18-10-3-2-9-17(18)21(25)23-16-8-5-7-14(12-16)20-13-15-6-1-4-11-19(15)24-20/h1-13,24H,(H,23,25). The van der Waals surface area contributed by atoms with Crippen LogP contribution in [0.2, 0.25) is 5.02 Å².